The minimum Gasteiger partial charge on any atom is -0.460 e. The van der Waals surface area contributed by atoms with Crippen molar-refractivity contribution >= 4 is 21.9 Å². The number of halogens is 1. The van der Waals surface area contributed by atoms with Gasteiger partial charge in [-0.3, -0.25) is 0 Å². The molecule has 100 valence electrons. The molecular weight excluding hydrogens is 292 g/mol. The molecule has 0 heterocycles. The van der Waals surface area contributed by atoms with Crippen LogP contribution in [0.1, 0.15) is 0 Å². The van der Waals surface area contributed by atoms with E-state index < -0.39 is 5.97 Å². The van der Waals surface area contributed by atoms with E-state index in [1.165, 1.54) is 0 Å². The summed E-state index contributed by atoms with van der Waals surface area (Å²) in [6.45, 7) is 6.70. The van der Waals surface area contributed by atoms with Gasteiger partial charge in [0, 0.05) is 11.4 Å². The van der Waals surface area contributed by atoms with Gasteiger partial charge in [-0.15, -0.1) is 0 Å². The number of rotatable bonds is 12. The van der Waals surface area contributed by atoms with E-state index in [9.17, 15) is 4.79 Å². The van der Waals surface area contributed by atoms with Crippen LogP contribution in [0.4, 0.5) is 0 Å². The number of carbonyl (C=O) groups is 1. The Bertz CT molecular complexity index is 198. The average molecular weight is 311 g/mol. The quantitative estimate of drug-likeness (QED) is 0.234. The lowest BCUT2D eigenvalue weighted by molar-refractivity contribution is -0.139. The number of hydrogen-bond acceptors (Lipinski definition) is 5. The van der Waals surface area contributed by atoms with E-state index in [1.807, 2.05) is 0 Å². The second-order valence-electron chi connectivity index (χ2n) is 2.90. The molecule has 0 saturated heterocycles. The van der Waals surface area contributed by atoms with Gasteiger partial charge in [0.2, 0.25) is 0 Å². The van der Waals surface area contributed by atoms with E-state index in [-0.39, 0.29) is 6.61 Å². The van der Waals surface area contributed by atoms with Gasteiger partial charge >= 0.3 is 5.97 Å². The van der Waals surface area contributed by atoms with Gasteiger partial charge in [0.1, 0.15) is 6.61 Å². The summed E-state index contributed by atoms with van der Waals surface area (Å²) in [5, 5.41) is 0.833. The second kappa shape index (κ2) is 13.6. The summed E-state index contributed by atoms with van der Waals surface area (Å²) in [5.74, 6) is -0.436. The highest BCUT2D eigenvalue weighted by atomic mass is 79.9. The Labute approximate surface area is 110 Å². The summed E-state index contributed by atoms with van der Waals surface area (Å²) in [5.41, 5.74) is 0. The highest BCUT2D eigenvalue weighted by molar-refractivity contribution is 9.09. The van der Waals surface area contributed by atoms with Crippen molar-refractivity contribution in [1.29, 1.82) is 0 Å². The number of carbonyl (C=O) groups excluding carboxylic acids is 1. The molecule has 5 nitrogen and oxygen atoms in total. The van der Waals surface area contributed by atoms with E-state index in [0.29, 0.717) is 39.6 Å². The lowest BCUT2D eigenvalue weighted by Crippen LogP contribution is -2.13. The number of alkyl halides is 1. The molecule has 6 heteroatoms. The third-order valence-corrected chi connectivity index (χ3v) is 1.93. The Morgan fingerprint density at radius 3 is 1.88 bits per heavy atom. The molecule has 0 aliphatic heterocycles. The standard InChI is InChI=1S/C11H19BrO5/c1-2-11(13)17-10-9-16-8-7-15-6-5-14-4-3-12/h2H,1,3-10H2. The van der Waals surface area contributed by atoms with Gasteiger partial charge in [-0.25, -0.2) is 4.79 Å². The normalized spacial score (nSPS) is 10.2. The number of esters is 1. The maximum absolute atomic E-state index is 10.6. The highest BCUT2D eigenvalue weighted by Crippen LogP contribution is 1.85. The van der Waals surface area contributed by atoms with Crippen molar-refractivity contribution in [1.82, 2.24) is 0 Å². The maximum Gasteiger partial charge on any atom is 0.330 e. The van der Waals surface area contributed by atoms with Crippen molar-refractivity contribution < 1.29 is 23.7 Å². The smallest absolute Gasteiger partial charge is 0.330 e. The van der Waals surface area contributed by atoms with Crippen molar-refractivity contribution in [2.75, 3.05) is 51.6 Å². The Kier molecular flexibility index (Phi) is 13.3. The van der Waals surface area contributed by atoms with Crippen molar-refractivity contribution in [3.8, 4) is 0 Å². The average Bonchev–Trinajstić information content (AvgIpc) is 2.35. The molecule has 0 aromatic heterocycles. The molecule has 0 amide bonds. The topological polar surface area (TPSA) is 54.0 Å². The molecule has 0 spiro atoms. The first-order valence-electron chi connectivity index (χ1n) is 5.39. The predicted molar refractivity (Wildman–Crippen MR) is 67.4 cm³/mol. The first kappa shape index (κ1) is 16.6. The third kappa shape index (κ3) is 13.5. The van der Waals surface area contributed by atoms with Crippen molar-refractivity contribution in [3.63, 3.8) is 0 Å². The van der Waals surface area contributed by atoms with Crippen LogP contribution >= 0.6 is 15.9 Å². The number of hydrogen-bond donors (Lipinski definition) is 0. The lowest BCUT2D eigenvalue weighted by atomic mass is 10.6. The molecule has 0 aliphatic rings. The minimum absolute atomic E-state index is 0.235. The zero-order valence-electron chi connectivity index (χ0n) is 9.86. The molecule has 17 heavy (non-hydrogen) atoms. The zero-order valence-corrected chi connectivity index (χ0v) is 11.4. The van der Waals surface area contributed by atoms with E-state index in [2.05, 4.69) is 22.5 Å². The Morgan fingerprint density at radius 2 is 1.41 bits per heavy atom. The van der Waals surface area contributed by atoms with Crippen LogP contribution in [0.3, 0.4) is 0 Å². The molecule has 0 radical (unpaired) electrons. The molecule has 0 aromatic rings. The molecular formula is C11H19BrO5. The van der Waals surface area contributed by atoms with Gasteiger partial charge in [-0.05, 0) is 0 Å². The fourth-order valence-corrected chi connectivity index (χ4v) is 1.09. The molecule has 0 saturated carbocycles. The fourth-order valence-electron chi connectivity index (χ4n) is 0.857. The highest BCUT2D eigenvalue weighted by Gasteiger charge is 1.95. The van der Waals surface area contributed by atoms with Crippen LogP contribution in [0.15, 0.2) is 12.7 Å². The monoisotopic (exact) mass is 310 g/mol. The molecule has 0 bridgehead atoms. The SMILES string of the molecule is C=CC(=O)OCCOCCOCCOCCBr. The molecule has 0 unspecified atom stereocenters. The van der Waals surface area contributed by atoms with Crippen LogP contribution in [-0.2, 0) is 23.7 Å². The first-order valence-corrected chi connectivity index (χ1v) is 6.51. The third-order valence-electron chi connectivity index (χ3n) is 1.60. The summed E-state index contributed by atoms with van der Waals surface area (Å²) in [7, 11) is 0. The number of ether oxygens (including phenoxy) is 4. The summed E-state index contributed by atoms with van der Waals surface area (Å²) in [6.07, 6.45) is 1.12. The maximum atomic E-state index is 10.6. The first-order chi connectivity index (χ1) is 8.31. The summed E-state index contributed by atoms with van der Waals surface area (Å²) < 4.78 is 20.3. The molecule has 0 atom stereocenters. The van der Waals surface area contributed by atoms with Crippen LogP contribution in [-0.4, -0.2) is 57.5 Å². The van der Waals surface area contributed by atoms with Crippen molar-refractivity contribution in [2.24, 2.45) is 0 Å². The predicted octanol–water partition coefficient (Wildman–Crippen LogP) is 1.16. The van der Waals surface area contributed by atoms with Gasteiger partial charge in [-0.2, -0.15) is 0 Å². The van der Waals surface area contributed by atoms with Crippen molar-refractivity contribution in [2.45, 2.75) is 0 Å². The zero-order chi connectivity index (χ0) is 12.8. The van der Waals surface area contributed by atoms with Crippen LogP contribution in [0.25, 0.3) is 0 Å². The van der Waals surface area contributed by atoms with Crippen molar-refractivity contribution in [3.05, 3.63) is 12.7 Å². The van der Waals surface area contributed by atoms with E-state index in [1.54, 1.807) is 0 Å². The van der Waals surface area contributed by atoms with Gasteiger partial charge in [-0.1, -0.05) is 22.5 Å². The van der Waals surface area contributed by atoms with Gasteiger partial charge < -0.3 is 18.9 Å². The van der Waals surface area contributed by atoms with E-state index >= 15 is 0 Å². The molecule has 0 fully saturated rings. The molecule has 0 aliphatic carbocycles. The van der Waals surface area contributed by atoms with E-state index in [0.717, 1.165) is 11.4 Å². The van der Waals surface area contributed by atoms with Gasteiger partial charge in [0.15, 0.2) is 0 Å². The second-order valence-corrected chi connectivity index (χ2v) is 3.69. The Hall–Kier alpha value is -0.430. The molecule has 0 rings (SSSR count). The Morgan fingerprint density at radius 1 is 0.941 bits per heavy atom. The van der Waals surface area contributed by atoms with E-state index in [4.69, 9.17) is 18.9 Å². The van der Waals surface area contributed by atoms with Gasteiger partial charge in [0.05, 0.1) is 39.6 Å². The minimum atomic E-state index is -0.436. The van der Waals surface area contributed by atoms with Crippen LogP contribution in [0.5, 0.6) is 0 Å². The summed E-state index contributed by atoms with van der Waals surface area (Å²) in [4.78, 5) is 10.6. The lowest BCUT2D eigenvalue weighted by Gasteiger charge is -2.06. The van der Waals surface area contributed by atoms with Gasteiger partial charge in [0.25, 0.3) is 0 Å². The molecule has 0 N–H and O–H groups in total. The molecule has 0 aromatic carbocycles. The fraction of sp³-hybridized carbons (Fsp3) is 0.727. The van der Waals surface area contributed by atoms with Crippen LogP contribution < -0.4 is 0 Å². The Balaban J connectivity index is 2.98. The van der Waals surface area contributed by atoms with Crippen LogP contribution in [0.2, 0.25) is 0 Å². The van der Waals surface area contributed by atoms with Crippen LogP contribution in [0, 0.1) is 0 Å². The largest absolute Gasteiger partial charge is 0.460 e. The summed E-state index contributed by atoms with van der Waals surface area (Å²) in [6, 6.07) is 0. The summed E-state index contributed by atoms with van der Waals surface area (Å²) >= 11 is 3.25.